The molecule has 0 saturated carbocycles. The van der Waals surface area contributed by atoms with Crippen molar-refractivity contribution in [3.63, 3.8) is 0 Å². The fourth-order valence-electron chi connectivity index (χ4n) is 2.89. The maximum atomic E-state index is 11.6. The number of carbonyl (C=O) groups is 1. The molecule has 3 aliphatic rings. The lowest BCUT2D eigenvalue weighted by molar-refractivity contribution is -0.131. The molecule has 0 radical (unpaired) electrons. The second kappa shape index (κ2) is 2.09. The number of rotatable bonds is 1. The Morgan fingerprint density at radius 2 is 2.46 bits per heavy atom. The van der Waals surface area contributed by atoms with Gasteiger partial charge >= 0.3 is 0 Å². The van der Waals surface area contributed by atoms with E-state index < -0.39 is 0 Å². The van der Waals surface area contributed by atoms with Crippen LogP contribution in [-0.2, 0) is 9.53 Å². The standard InChI is InChI=1S/C8H10N2O3/c11-7-6-3-5-1-2-8(6,13-5)4-10(7)9-12/h5-6H,1-4H2/t5-,6+,8-/m0/s1. The number of ether oxygens (including phenoxy) is 1. The van der Waals surface area contributed by atoms with E-state index >= 15 is 0 Å². The summed E-state index contributed by atoms with van der Waals surface area (Å²) in [6.45, 7) is 0.372. The van der Waals surface area contributed by atoms with Crippen molar-refractivity contribution in [2.45, 2.75) is 31.0 Å². The van der Waals surface area contributed by atoms with Crippen LogP contribution in [0.25, 0.3) is 0 Å². The Bertz CT molecular complexity index is 293. The van der Waals surface area contributed by atoms with Crippen LogP contribution in [-0.4, -0.2) is 29.2 Å². The van der Waals surface area contributed by atoms with Gasteiger partial charge in [0.15, 0.2) is 0 Å². The van der Waals surface area contributed by atoms with Crippen LogP contribution in [0.3, 0.4) is 0 Å². The number of nitrogens with zero attached hydrogens (tertiary/aromatic N) is 2. The average molecular weight is 182 g/mol. The Balaban J connectivity index is 1.97. The summed E-state index contributed by atoms with van der Waals surface area (Å²) < 4.78 is 5.72. The van der Waals surface area contributed by atoms with Crippen LogP contribution in [0.4, 0.5) is 0 Å². The predicted octanol–water partition coefficient (Wildman–Crippen LogP) is 0.448. The number of hydrogen-bond acceptors (Lipinski definition) is 4. The van der Waals surface area contributed by atoms with Crippen LogP contribution >= 0.6 is 0 Å². The maximum absolute atomic E-state index is 11.6. The summed E-state index contributed by atoms with van der Waals surface area (Å²) in [5, 5.41) is 3.74. The van der Waals surface area contributed by atoms with Crippen LogP contribution < -0.4 is 0 Å². The Hall–Kier alpha value is -0.970. The monoisotopic (exact) mass is 182 g/mol. The summed E-state index contributed by atoms with van der Waals surface area (Å²) >= 11 is 0. The van der Waals surface area contributed by atoms with Gasteiger partial charge < -0.3 is 4.74 Å². The van der Waals surface area contributed by atoms with Gasteiger partial charge in [-0.2, -0.15) is 5.01 Å². The van der Waals surface area contributed by atoms with Gasteiger partial charge in [0.25, 0.3) is 5.91 Å². The van der Waals surface area contributed by atoms with Gasteiger partial charge in [-0.3, -0.25) is 4.79 Å². The van der Waals surface area contributed by atoms with E-state index in [0.29, 0.717) is 6.54 Å². The molecule has 13 heavy (non-hydrogen) atoms. The van der Waals surface area contributed by atoms with E-state index in [1.54, 1.807) is 0 Å². The van der Waals surface area contributed by atoms with Gasteiger partial charge in [0.1, 0.15) is 5.60 Å². The highest BCUT2D eigenvalue weighted by Gasteiger charge is 2.63. The molecule has 0 unspecified atom stereocenters. The number of fused-ring (bicyclic) bond motifs is 1. The highest BCUT2D eigenvalue weighted by Crippen LogP contribution is 2.52. The van der Waals surface area contributed by atoms with Crippen LogP contribution in [0.2, 0.25) is 0 Å². The van der Waals surface area contributed by atoms with Crippen LogP contribution in [0.1, 0.15) is 19.3 Å². The summed E-state index contributed by atoms with van der Waals surface area (Å²) in [6, 6.07) is 0. The average Bonchev–Trinajstić information content (AvgIpc) is 2.75. The minimum atomic E-state index is -0.352. The molecule has 3 atom stereocenters. The summed E-state index contributed by atoms with van der Waals surface area (Å²) in [4.78, 5) is 21.9. The van der Waals surface area contributed by atoms with Crippen molar-refractivity contribution in [3.05, 3.63) is 4.91 Å². The summed E-state index contributed by atoms with van der Waals surface area (Å²) in [5.74, 6) is -0.235. The van der Waals surface area contributed by atoms with E-state index in [-0.39, 0.29) is 23.5 Å². The molecule has 3 saturated heterocycles. The molecule has 70 valence electrons. The molecule has 0 aromatic rings. The van der Waals surface area contributed by atoms with E-state index in [9.17, 15) is 9.70 Å². The number of carbonyl (C=O) groups excluding carboxylic acids is 1. The molecule has 3 heterocycles. The molecule has 2 bridgehead atoms. The first-order chi connectivity index (χ1) is 6.25. The molecule has 5 nitrogen and oxygen atoms in total. The van der Waals surface area contributed by atoms with Crippen molar-refractivity contribution >= 4 is 5.91 Å². The topological polar surface area (TPSA) is 59.0 Å². The van der Waals surface area contributed by atoms with Crippen LogP contribution in [0.5, 0.6) is 0 Å². The molecular weight excluding hydrogens is 172 g/mol. The van der Waals surface area contributed by atoms with Crippen LogP contribution in [0, 0.1) is 10.8 Å². The fraction of sp³-hybridized carbons (Fsp3) is 0.875. The van der Waals surface area contributed by atoms with Crippen molar-refractivity contribution in [2.24, 2.45) is 11.2 Å². The van der Waals surface area contributed by atoms with Crippen molar-refractivity contribution < 1.29 is 9.53 Å². The molecule has 3 fully saturated rings. The SMILES string of the molecule is O=NN1C[C@@]23CC[C@@H](C[C@@H]2C1=O)O3. The summed E-state index contributed by atoms with van der Waals surface area (Å²) in [6.07, 6.45) is 2.96. The van der Waals surface area contributed by atoms with E-state index in [2.05, 4.69) is 5.29 Å². The normalized spacial score (nSPS) is 47.1. The number of amides is 1. The minimum absolute atomic E-state index is 0.0936. The van der Waals surface area contributed by atoms with E-state index in [1.165, 1.54) is 0 Å². The first-order valence-electron chi connectivity index (χ1n) is 4.58. The second-order valence-corrected chi connectivity index (χ2v) is 4.11. The quantitative estimate of drug-likeness (QED) is 0.553. The van der Waals surface area contributed by atoms with E-state index in [0.717, 1.165) is 24.3 Å². The zero-order valence-corrected chi connectivity index (χ0v) is 7.10. The third-order valence-corrected chi connectivity index (χ3v) is 3.49. The number of hydrogen-bond donors (Lipinski definition) is 0. The van der Waals surface area contributed by atoms with Crippen molar-refractivity contribution in [3.8, 4) is 0 Å². The third-order valence-electron chi connectivity index (χ3n) is 3.49. The molecule has 0 N–H and O–H groups in total. The lowest BCUT2D eigenvalue weighted by Gasteiger charge is -2.21. The summed E-state index contributed by atoms with van der Waals surface area (Å²) in [7, 11) is 0. The van der Waals surface area contributed by atoms with Crippen LogP contribution in [0.15, 0.2) is 5.29 Å². The predicted molar refractivity (Wildman–Crippen MR) is 42.5 cm³/mol. The van der Waals surface area contributed by atoms with Gasteiger partial charge in [0.2, 0.25) is 0 Å². The maximum Gasteiger partial charge on any atom is 0.251 e. The zero-order valence-electron chi connectivity index (χ0n) is 7.10. The second-order valence-electron chi connectivity index (χ2n) is 4.11. The number of nitroso groups, excluding NO2 is 1. The fourth-order valence-corrected chi connectivity index (χ4v) is 2.89. The Kier molecular flexibility index (Phi) is 1.20. The smallest absolute Gasteiger partial charge is 0.251 e. The van der Waals surface area contributed by atoms with Gasteiger partial charge in [-0.05, 0) is 19.3 Å². The molecule has 1 amide bonds. The highest BCUT2D eigenvalue weighted by molar-refractivity contribution is 5.83. The van der Waals surface area contributed by atoms with E-state index in [1.807, 2.05) is 0 Å². The van der Waals surface area contributed by atoms with Gasteiger partial charge in [-0.25, -0.2) is 0 Å². The van der Waals surface area contributed by atoms with Crippen molar-refractivity contribution in [2.75, 3.05) is 6.54 Å². The Morgan fingerprint density at radius 3 is 3.08 bits per heavy atom. The first-order valence-corrected chi connectivity index (χ1v) is 4.58. The summed E-state index contributed by atoms with van der Waals surface area (Å²) in [5.41, 5.74) is -0.352. The molecule has 5 heteroatoms. The lowest BCUT2D eigenvalue weighted by atomic mass is 9.81. The van der Waals surface area contributed by atoms with Crippen molar-refractivity contribution in [1.82, 2.24) is 5.01 Å². The largest absolute Gasteiger partial charge is 0.369 e. The van der Waals surface area contributed by atoms with Gasteiger partial charge in [0, 0.05) is 0 Å². The molecule has 3 rings (SSSR count). The molecular formula is C8H10N2O3. The lowest BCUT2D eigenvalue weighted by Crippen LogP contribution is -2.33. The Labute approximate surface area is 75.0 Å². The van der Waals surface area contributed by atoms with E-state index in [4.69, 9.17) is 4.74 Å². The molecule has 0 aromatic heterocycles. The highest BCUT2D eigenvalue weighted by atomic mass is 16.5. The molecule has 3 aliphatic heterocycles. The molecule has 0 aromatic carbocycles. The van der Waals surface area contributed by atoms with Gasteiger partial charge in [0.05, 0.1) is 23.9 Å². The first kappa shape index (κ1) is 7.44. The third kappa shape index (κ3) is 0.733. The minimum Gasteiger partial charge on any atom is -0.369 e. The van der Waals surface area contributed by atoms with Gasteiger partial charge in [-0.1, -0.05) is 0 Å². The zero-order chi connectivity index (χ0) is 9.05. The molecule has 0 aliphatic carbocycles. The van der Waals surface area contributed by atoms with Gasteiger partial charge in [-0.15, -0.1) is 4.91 Å². The molecule has 1 spiro atoms. The van der Waals surface area contributed by atoms with Crippen molar-refractivity contribution in [1.29, 1.82) is 0 Å². The Morgan fingerprint density at radius 1 is 1.62 bits per heavy atom.